The zero-order chi connectivity index (χ0) is 12.0. The molecule has 0 radical (unpaired) electrons. The van der Waals surface area contributed by atoms with Gasteiger partial charge in [-0.1, -0.05) is 6.08 Å². The Labute approximate surface area is 95.7 Å². The van der Waals surface area contributed by atoms with E-state index in [1.165, 1.54) is 6.08 Å². The lowest BCUT2D eigenvalue weighted by molar-refractivity contribution is -0.143. The highest BCUT2D eigenvalue weighted by Crippen LogP contribution is 2.28. The van der Waals surface area contributed by atoms with E-state index in [9.17, 15) is 9.59 Å². The number of aliphatic carboxylic acids is 1. The number of hydrogen-bond donors (Lipinski definition) is 2. The monoisotopic (exact) mass is 225 g/mol. The van der Waals surface area contributed by atoms with Gasteiger partial charge in [0.1, 0.15) is 0 Å². The third-order valence-electron chi connectivity index (χ3n) is 3.08. The normalized spacial score (nSPS) is 25.6. The fraction of sp³-hybridized carbons (Fsp3) is 0.667. The van der Waals surface area contributed by atoms with Gasteiger partial charge in [-0.25, -0.2) is 0 Å². The van der Waals surface area contributed by atoms with Crippen LogP contribution in [0.1, 0.15) is 32.6 Å². The van der Waals surface area contributed by atoms with Crippen LogP contribution in [0.15, 0.2) is 12.2 Å². The van der Waals surface area contributed by atoms with E-state index in [4.69, 9.17) is 5.11 Å². The lowest BCUT2D eigenvalue weighted by atomic mass is 9.82. The average molecular weight is 225 g/mol. The largest absolute Gasteiger partial charge is 0.481 e. The van der Waals surface area contributed by atoms with Gasteiger partial charge in [0.25, 0.3) is 0 Å². The Bertz CT molecular complexity index is 278. The van der Waals surface area contributed by atoms with E-state index < -0.39 is 5.97 Å². The van der Waals surface area contributed by atoms with Gasteiger partial charge < -0.3 is 10.4 Å². The molecule has 90 valence electrons. The molecule has 0 saturated heterocycles. The first kappa shape index (κ1) is 12.7. The van der Waals surface area contributed by atoms with E-state index in [0.29, 0.717) is 12.5 Å². The zero-order valence-electron chi connectivity index (χ0n) is 9.61. The topological polar surface area (TPSA) is 66.4 Å². The summed E-state index contributed by atoms with van der Waals surface area (Å²) >= 11 is 0. The molecule has 1 amide bonds. The van der Waals surface area contributed by atoms with Gasteiger partial charge in [0.15, 0.2) is 0 Å². The molecule has 4 nitrogen and oxygen atoms in total. The molecule has 0 heterocycles. The fourth-order valence-corrected chi connectivity index (χ4v) is 2.07. The molecule has 1 fully saturated rings. The fourth-order valence-electron chi connectivity index (χ4n) is 2.07. The highest BCUT2D eigenvalue weighted by molar-refractivity contribution is 5.87. The molecule has 0 aliphatic heterocycles. The summed E-state index contributed by atoms with van der Waals surface area (Å²) in [5, 5.41) is 11.7. The van der Waals surface area contributed by atoms with Crippen LogP contribution >= 0.6 is 0 Å². The summed E-state index contributed by atoms with van der Waals surface area (Å²) in [5.41, 5.74) is 0. The third-order valence-corrected chi connectivity index (χ3v) is 3.08. The summed E-state index contributed by atoms with van der Waals surface area (Å²) in [6.45, 7) is 2.47. The van der Waals surface area contributed by atoms with E-state index in [2.05, 4.69) is 5.32 Å². The Morgan fingerprint density at radius 3 is 2.44 bits per heavy atom. The molecule has 0 aromatic carbocycles. The number of carbonyl (C=O) groups is 2. The van der Waals surface area contributed by atoms with Crippen LogP contribution in [-0.2, 0) is 9.59 Å². The lowest BCUT2D eigenvalue weighted by Gasteiger charge is -2.25. The number of hydrogen-bond acceptors (Lipinski definition) is 2. The van der Waals surface area contributed by atoms with Crippen LogP contribution in [0.4, 0.5) is 0 Å². The number of rotatable bonds is 4. The van der Waals surface area contributed by atoms with Crippen molar-refractivity contribution in [2.75, 3.05) is 6.54 Å². The maximum Gasteiger partial charge on any atom is 0.306 e. The molecule has 0 bridgehead atoms. The number of nitrogens with one attached hydrogen (secondary N) is 1. The molecule has 1 aliphatic rings. The average Bonchev–Trinajstić information content (AvgIpc) is 2.27. The Morgan fingerprint density at radius 2 is 1.94 bits per heavy atom. The Hall–Kier alpha value is -1.32. The molecule has 2 N–H and O–H groups in total. The van der Waals surface area contributed by atoms with Crippen molar-refractivity contribution in [1.29, 1.82) is 0 Å². The van der Waals surface area contributed by atoms with E-state index in [0.717, 1.165) is 25.7 Å². The summed E-state index contributed by atoms with van der Waals surface area (Å²) < 4.78 is 0. The quantitative estimate of drug-likeness (QED) is 0.714. The molecule has 1 rings (SSSR count). The maximum absolute atomic E-state index is 11.2. The first-order valence-corrected chi connectivity index (χ1v) is 5.76. The zero-order valence-corrected chi connectivity index (χ0v) is 9.61. The molecule has 0 unspecified atom stereocenters. The first-order chi connectivity index (χ1) is 7.63. The van der Waals surface area contributed by atoms with Gasteiger partial charge in [-0.2, -0.15) is 0 Å². The second kappa shape index (κ2) is 6.30. The predicted molar refractivity (Wildman–Crippen MR) is 60.9 cm³/mol. The molecule has 0 spiro atoms. The second-order valence-electron chi connectivity index (χ2n) is 4.30. The van der Waals surface area contributed by atoms with Gasteiger partial charge in [0.2, 0.25) is 5.91 Å². The summed E-state index contributed by atoms with van der Waals surface area (Å²) in [5.74, 6) is -0.494. The first-order valence-electron chi connectivity index (χ1n) is 5.76. The van der Waals surface area contributed by atoms with Crippen molar-refractivity contribution < 1.29 is 14.7 Å². The molecule has 16 heavy (non-hydrogen) atoms. The van der Waals surface area contributed by atoms with Crippen LogP contribution in [0.2, 0.25) is 0 Å². The van der Waals surface area contributed by atoms with Crippen molar-refractivity contribution in [3.05, 3.63) is 12.2 Å². The van der Waals surface area contributed by atoms with Crippen molar-refractivity contribution in [2.24, 2.45) is 11.8 Å². The van der Waals surface area contributed by atoms with Crippen LogP contribution in [-0.4, -0.2) is 23.5 Å². The number of carbonyl (C=O) groups excluding carboxylic acids is 1. The minimum absolute atomic E-state index is 0.0668. The summed E-state index contributed by atoms with van der Waals surface area (Å²) in [6, 6.07) is 0. The standard InChI is InChI=1S/C12H19NO3/c1-2-3-11(14)13-8-9-4-6-10(7-5-9)12(15)16/h2-3,9-10H,4-8H2,1H3,(H,13,14)(H,15,16)/b3-2+. The Morgan fingerprint density at radius 1 is 1.31 bits per heavy atom. The van der Waals surface area contributed by atoms with Gasteiger partial charge >= 0.3 is 5.97 Å². The highest BCUT2D eigenvalue weighted by Gasteiger charge is 2.25. The van der Waals surface area contributed by atoms with Crippen LogP contribution in [0, 0.1) is 11.8 Å². The molecule has 0 aromatic heterocycles. The molecular weight excluding hydrogens is 206 g/mol. The summed E-state index contributed by atoms with van der Waals surface area (Å²) in [6.07, 6.45) is 6.47. The number of amides is 1. The van der Waals surface area contributed by atoms with Crippen LogP contribution in [0.3, 0.4) is 0 Å². The highest BCUT2D eigenvalue weighted by atomic mass is 16.4. The molecule has 1 saturated carbocycles. The van der Waals surface area contributed by atoms with Crippen molar-refractivity contribution in [1.82, 2.24) is 5.32 Å². The van der Waals surface area contributed by atoms with Gasteiger partial charge in [-0.15, -0.1) is 0 Å². The minimum Gasteiger partial charge on any atom is -0.481 e. The molecule has 1 aliphatic carbocycles. The van der Waals surface area contributed by atoms with Crippen molar-refractivity contribution in [3.8, 4) is 0 Å². The predicted octanol–water partition coefficient (Wildman–Crippen LogP) is 1.57. The van der Waals surface area contributed by atoms with E-state index >= 15 is 0 Å². The van der Waals surface area contributed by atoms with Gasteiger partial charge in [-0.3, -0.25) is 9.59 Å². The maximum atomic E-state index is 11.2. The second-order valence-corrected chi connectivity index (χ2v) is 4.30. The lowest BCUT2D eigenvalue weighted by Crippen LogP contribution is -2.31. The van der Waals surface area contributed by atoms with E-state index in [-0.39, 0.29) is 11.8 Å². The smallest absolute Gasteiger partial charge is 0.306 e. The number of carboxylic acids is 1. The molecule has 0 aromatic rings. The van der Waals surface area contributed by atoms with Gasteiger partial charge in [-0.05, 0) is 44.6 Å². The summed E-state index contributed by atoms with van der Waals surface area (Å²) in [7, 11) is 0. The minimum atomic E-state index is -0.684. The van der Waals surface area contributed by atoms with E-state index in [1.807, 2.05) is 0 Å². The Balaban J connectivity index is 2.22. The number of allylic oxidation sites excluding steroid dienone is 1. The molecular formula is C12H19NO3. The molecule has 4 heteroatoms. The van der Waals surface area contributed by atoms with Crippen molar-refractivity contribution in [3.63, 3.8) is 0 Å². The van der Waals surface area contributed by atoms with Crippen LogP contribution in [0.25, 0.3) is 0 Å². The van der Waals surface area contributed by atoms with Crippen LogP contribution in [0.5, 0.6) is 0 Å². The van der Waals surface area contributed by atoms with Crippen molar-refractivity contribution in [2.45, 2.75) is 32.6 Å². The third kappa shape index (κ3) is 4.04. The van der Waals surface area contributed by atoms with Crippen molar-refractivity contribution >= 4 is 11.9 Å². The van der Waals surface area contributed by atoms with Gasteiger partial charge in [0.05, 0.1) is 5.92 Å². The summed E-state index contributed by atoms with van der Waals surface area (Å²) in [4.78, 5) is 21.9. The molecule has 0 atom stereocenters. The van der Waals surface area contributed by atoms with E-state index in [1.54, 1.807) is 13.0 Å². The van der Waals surface area contributed by atoms with Crippen LogP contribution < -0.4 is 5.32 Å². The van der Waals surface area contributed by atoms with Gasteiger partial charge in [0, 0.05) is 6.54 Å². The Kier molecular flexibility index (Phi) is 5.02. The number of carboxylic acid groups (broad SMARTS) is 1. The SMILES string of the molecule is C/C=C/C(=O)NCC1CCC(C(=O)O)CC1.